The predicted octanol–water partition coefficient (Wildman–Crippen LogP) is 4.42. The number of fused-ring (bicyclic) bond motifs is 1. The Bertz CT molecular complexity index is 773. The van der Waals surface area contributed by atoms with Gasteiger partial charge in [-0.05, 0) is 55.6 Å². The lowest BCUT2D eigenvalue weighted by atomic mass is 9.97. The molecule has 0 bridgehead atoms. The minimum Gasteiger partial charge on any atom is -0.486 e. The highest BCUT2D eigenvalue weighted by Crippen LogP contribution is 2.34. The van der Waals surface area contributed by atoms with Gasteiger partial charge in [-0.2, -0.15) is 0 Å². The molecule has 142 valence electrons. The van der Waals surface area contributed by atoms with Crippen molar-refractivity contribution in [2.45, 2.75) is 18.9 Å². The Morgan fingerprint density at radius 3 is 2.70 bits per heavy atom. The molecule has 0 N–H and O–H groups in total. The molecular formula is C22H25BrN2O2. The molecule has 2 aromatic rings. The molecular weight excluding hydrogens is 404 g/mol. The van der Waals surface area contributed by atoms with Crippen molar-refractivity contribution in [2.75, 3.05) is 32.8 Å². The van der Waals surface area contributed by atoms with Crippen LogP contribution < -0.4 is 9.47 Å². The third-order valence-corrected chi connectivity index (χ3v) is 5.69. The van der Waals surface area contributed by atoms with Gasteiger partial charge in [-0.15, -0.1) is 0 Å². The number of hydrogen-bond acceptors (Lipinski definition) is 4. The second kappa shape index (κ2) is 8.89. The number of rotatable bonds is 5. The topological polar surface area (TPSA) is 34.1 Å². The van der Waals surface area contributed by atoms with E-state index in [1.165, 1.54) is 18.4 Å². The zero-order valence-electron chi connectivity index (χ0n) is 15.4. The summed E-state index contributed by atoms with van der Waals surface area (Å²) in [5, 5.41) is 0. The lowest BCUT2D eigenvalue weighted by molar-refractivity contribution is 0.0482. The third kappa shape index (κ3) is 5.11. The van der Waals surface area contributed by atoms with Gasteiger partial charge in [0.15, 0.2) is 11.5 Å². The van der Waals surface area contributed by atoms with Gasteiger partial charge in [0.1, 0.15) is 12.7 Å². The number of nitrogens with zero attached hydrogens (tertiary/aromatic N) is 2. The molecule has 0 radical (unpaired) electrons. The van der Waals surface area contributed by atoms with Gasteiger partial charge in [-0.3, -0.25) is 9.89 Å². The highest BCUT2D eigenvalue weighted by atomic mass is 79.9. The fourth-order valence-corrected chi connectivity index (χ4v) is 4.01. The van der Waals surface area contributed by atoms with Crippen LogP contribution in [0.1, 0.15) is 18.4 Å². The minimum absolute atomic E-state index is 0.0967. The van der Waals surface area contributed by atoms with E-state index in [1.54, 1.807) is 0 Å². The van der Waals surface area contributed by atoms with Crippen LogP contribution in [-0.2, 0) is 0 Å². The average Bonchev–Trinajstić information content (AvgIpc) is 2.70. The molecule has 0 aliphatic carbocycles. The highest BCUT2D eigenvalue weighted by Gasteiger charge is 2.26. The highest BCUT2D eigenvalue weighted by molar-refractivity contribution is 9.10. The Morgan fingerprint density at radius 2 is 1.89 bits per heavy atom. The summed E-state index contributed by atoms with van der Waals surface area (Å²) in [5.74, 6) is 2.36. The molecule has 27 heavy (non-hydrogen) atoms. The van der Waals surface area contributed by atoms with Gasteiger partial charge in [0.05, 0.1) is 0 Å². The maximum atomic E-state index is 6.14. The van der Waals surface area contributed by atoms with Crippen LogP contribution in [0.5, 0.6) is 11.5 Å². The van der Waals surface area contributed by atoms with E-state index >= 15 is 0 Å². The van der Waals surface area contributed by atoms with Crippen molar-refractivity contribution in [3.63, 3.8) is 0 Å². The van der Waals surface area contributed by atoms with Gasteiger partial charge in [-0.1, -0.05) is 46.3 Å². The molecule has 0 saturated carbocycles. The predicted molar refractivity (Wildman–Crippen MR) is 112 cm³/mol. The van der Waals surface area contributed by atoms with Gasteiger partial charge in [0.2, 0.25) is 0 Å². The van der Waals surface area contributed by atoms with Gasteiger partial charge in [-0.25, -0.2) is 0 Å². The van der Waals surface area contributed by atoms with E-state index in [0.717, 1.165) is 42.2 Å². The summed E-state index contributed by atoms with van der Waals surface area (Å²) >= 11 is 3.49. The van der Waals surface area contributed by atoms with Crippen LogP contribution in [0.4, 0.5) is 0 Å². The summed E-state index contributed by atoms with van der Waals surface area (Å²) in [4.78, 5) is 7.14. The fraction of sp³-hybridized carbons (Fsp3) is 0.409. The van der Waals surface area contributed by atoms with Crippen molar-refractivity contribution in [3.05, 3.63) is 58.6 Å². The first kappa shape index (κ1) is 18.5. The molecule has 2 aliphatic rings. The van der Waals surface area contributed by atoms with Crippen LogP contribution in [0.15, 0.2) is 58.0 Å². The number of hydrogen-bond donors (Lipinski definition) is 0. The molecule has 5 heteroatoms. The number of halogens is 1. The summed E-state index contributed by atoms with van der Waals surface area (Å²) in [7, 11) is 0. The van der Waals surface area contributed by atoms with E-state index in [-0.39, 0.29) is 6.10 Å². The first-order chi connectivity index (χ1) is 13.3. The molecule has 4 rings (SSSR count). The smallest absolute Gasteiger partial charge is 0.162 e. The lowest BCUT2D eigenvalue weighted by Crippen LogP contribution is -2.44. The average molecular weight is 429 g/mol. The van der Waals surface area contributed by atoms with Crippen LogP contribution in [0, 0.1) is 5.92 Å². The van der Waals surface area contributed by atoms with Gasteiger partial charge in [0, 0.05) is 23.8 Å². The third-order valence-electron chi connectivity index (χ3n) is 5.20. The first-order valence-corrected chi connectivity index (χ1v) is 10.4. The quantitative estimate of drug-likeness (QED) is 0.660. The summed E-state index contributed by atoms with van der Waals surface area (Å²) in [6.45, 7) is 4.68. The number of aliphatic imine (C=N–C) groups is 1. The van der Waals surface area contributed by atoms with E-state index in [9.17, 15) is 0 Å². The Morgan fingerprint density at radius 1 is 1.07 bits per heavy atom. The molecule has 0 aromatic heterocycles. The van der Waals surface area contributed by atoms with Crippen LogP contribution in [-0.4, -0.2) is 50.0 Å². The monoisotopic (exact) mass is 428 g/mol. The second-order valence-corrected chi connectivity index (χ2v) is 8.21. The Balaban J connectivity index is 1.21. The number of likely N-dealkylation sites (tertiary alicyclic amines) is 1. The molecule has 0 amide bonds. The SMILES string of the molecule is Brc1ccc2c(c1)O[C@@H](CN1CCC(C/N=C/c3ccccc3)CC1)CO2. The molecule has 2 aliphatic heterocycles. The molecule has 2 aromatic carbocycles. The van der Waals surface area contributed by atoms with Crippen LogP contribution in [0.3, 0.4) is 0 Å². The molecule has 1 saturated heterocycles. The zero-order valence-corrected chi connectivity index (χ0v) is 17.0. The van der Waals surface area contributed by atoms with Crippen molar-refractivity contribution in [3.8, 4) is 11.5 Å². The number of ether oxygens (including phenoxy) is 2. The first-order valence-electron chi connectivity index (χ1n) is 9.62. The van der Waals surface area contributed by atoms with Gasteiger partial charge < -0.3 is 9.47 Å². The number of piperidine rings is 1. The van der Waals surface area contributed by atoms with Crippen molar-refractivity contribution in [2.24, 2.45) is 10.9 Å². The van der Waals surface area contributed by atoms with E-state index in [1.807, 2.05) is 42.6 Å². The van der Waals surface area contributed by atoms with Crippen LogP contribution >= 0.6 is 15.9 Å². The molecule has 2 heterocycles. The van der Waals surface area contributed by atoms with E-state index < -0.39 is 0 Å². The Hall–Kier alpha value is -1.85. The van der Waals surface area contributed by atoms with Gasteiger partial charge >= 0.3 is 0 Å². The van der Waals surface area contributed by atoms with Crippen molar-refractivity contribution in [1.82, 2.24) is 4.90 Å². The van der Waals surface area contributed by atoms with Crippen LogP contribution in [0.25, 0.3) is 0 Å². The molecule has 4 nitrogen and oxygen atoms in total. The summed E-state index contributed by atoms with van der Waals surface area (Å²) in [5.41, 5.74) is 1.18. The molecule has 1 fully saturated rings. The van der Waals surface area contributed by atoms with E-state index in [2.05, 4.69) is 38.0 Å². The second-order valence-electron chi connectivity index (χ2n) is 7.29. The van der Waals surface area contributed by atoms with E-state index in [0.29, 0.717) is 12.5 Å². The summed E-state index contributed by atoms with van der Waals surface area (Å²) in [6, 6.07) is 16.2. The summed E-state index contributed by atoms with van der Waals surface area (Å²) in [6.07, 6.45) is 4.48. The molecule has 0 unspecified atom stereocenters. The van der Waals surface area contributed by atoms with Crippen molar-refractivity contribution >= 4 is 22.1 Å². The number of benzene rings is 2. The van der Waals surface area contributed by atoms with Gasteiger partial charge in [0.25, 0.3) is 0 Å². The summed E-state index contributed by atoms with van der Waals surface area (Å²) < 4.78 is 13.0. The normalized spacial score (nSPS) is 20.9. The standard InChI is InChI=1S/C22H25BrN2O2/c23-19-6-7-21-22(12-19)27-20(16-26-21)15-25-10-8-18(9-11-25)14-24-13-17-4-2-1-3-5-17/h1-7,12-13,18,20H,8-11,14-16H2/b24-13+/t20-/m0/s1. The Labute approximate surface area is 169 Å². The molecule has 0 spiro atoms. The minimum atomic E-state index is 0.0967. The fourth-order valence-electron chi connectivity index (χ4n) is 3.67. The maximum Gasteiger partial charge on any atom is 0.162 e. The largest absolute Gasteiger partial charge is 0.486 e. The van der Waals surface area contributed by atoms with E-state index in [4.69, 9.17) is 9.47 Å². The van der Waals surface area contributed by atoms with Crippen molar-refractivity contribution in [1.29, 1.82) is 0 Å². The lowest BCUT2D eigenvalue weighted by Gasteiger charge is -2.35. The Kier molecular flexibility index (Phi) is 6.10. The van der Waals surface area contributed by atoms with Crippen LogP contribution in [0.2, 0.25) is 0 Å². The zero-order chi connectivity index (χ0) is 18.5. The maximum absolute atomic E-state index is 6.14. The molecule has 1 atom stereocenters. The van der Waals surface area contributed by atoms with Crippen molar-refractivity contribution < 1.29 is 9.47 Å².